The summed E-state index contributed by atoms with van der Waals surface area (Å²) in [5.74, 6) is 1.78. The average molecular weight is 426 g/mol. The summed E-state index contributed by atoms with van der Waals surface area (Å²) in [6, 6.07) is 32.2. The zero-order chi connectivity index (χ0) is 20.8. The van der Waals surface area contributed by atoms with E-state index < -0.39 is 0 Å². The standard InChI is InChI=1S/C28H24ClNO/c29-22-13-10-19(11-14-22)18-30-17-16-24-26(21-7-2-1-3-8-21)27-23-9-5-4-6-20(23)12-15-25(27)31-28(24)30/h1-15,24,26,28H,16-18H2/t24-,26-,28+/m1/s1. The molecule has 0 unspecified atom stereocenters. The minimum atomic E-state index is 0.0783. The van der Waals surface area contributed by atoms with E-state index in [1.54, 1.807) is 0 Å². The number of ether oxygens (including phenoxy) is 1. The first-order valence-electron chi connectivity index (χ1n) is 11.0. The molecule has 1 saturated heterocycles. The number of likely N-dealkylation sites (tertiary alicyclic amines) is 1. The Hall–Kier alpha value is -2.81. The SMILES string of the molecule is Clc1ccc(CN2CC[C@@H]3[C@@H](c4ccccc4)c4c(ccc5ccccc45)O[C@@H]32)cc1. The predicted octanol–water partition coefficient (Wildman–Crippen LogP) is 6.87. The quantitative estimate of drug-likeness (QED) is 0.355. The number of hydrogen-bond acceptors (Lipinski definition) is 2. The summed E-state index contributed by atoms with van der Waals surface area (Å²) in [4.78, 5) is 2.49. The van der Waals surface area contributed by atoms with Gasteiger partial charge in [0.15, 0.2) is 6.23 Å². The van der Waals surface area contributed by atoms with Crippen LogP contribution in [0.2, 0.25) is 5.02 Å². The van der Waals surface area contributed by atoms with Gasteiger partial charge >= 0.3 is 0 Å². The summed E-state index contributed by atoms with van der Waals surface area (Å²) in [7, 11) is 0. The van der Waals surface area contributed by atoms with Gasteiger partial charge in [-0.15, -0.1) is 0 Å². The van der Waals surface area contributed by atoms with Crippen molar-refractivity contribution in [3.05, 3.63) is 113 Å². The van der Waals surface area contributed by atoms with Gasteiger partial charge in [0.25, 0.3) is 0 Å². The van der Waals surface area contributed by atoms with Gasteiger partial charge in [0.1, 0.15) is 5.75 Å². The van der Waals surface area contributed by atoms with Crippen molar-refractivity contribution in [2.75, 3.05) is 6.54 Å². The second-order valence-electron chi connectivity index (χ2n) is 8.64. The van der Waals surface area contributed by atoms with Crippen LogP contribution in [0, 0.1) is 5.92 Å². The Morgan fingerprint density at radius 3 is 2.45 bits per heavy atom. The Labute approximate surface area is 188 Å². The molecule has 4 aromatic rings. The highest BCUT2D eigenvalue weighted by Gasteiger charge is 2.46. The molecule has 3 heteroatoms. The molecule has 0 radical (unpaired) electrons. The number of fused-ring (bicyclic) bond motifs is 4. The molecular weight excluding hydrogens is 402 g/mol. The van der Waals surface area contributed by atoms with Crippen LogP contribution >= 0.6 is 11.6 Å². The minimum Gasteiger partial charge on any atom is -0.474 e. The Balaban J connectivity index is 1.44. The third-order valence-corrected chi connectivity index (χ3v) is 7.10. The van der Waals surface area contributed by atoms with E-state index in [1.807, 2.05) is 12.1 Å². The van der Waals surface area contributed by atoms with Crippen LogP contribution < -0.4 is 4.74 Å². The van der Waals surface area contributed by atoms with Crippen LogP contribution in [0.15, 0.2) is 91.0 Å². The fourth-order valence-corrected chi connectivity index (χ4v) is 5.59. The molecule has 4 aromatic carbocycles. The van der Waals surface area contributed by atoms with E-state index in [9.17, 15) is 0 Å². The molecule has 3 atom stereocenters. The maximum Gasteiger partial charge on any atom is 0.156 e. The van der Waals surface area contributed by atoms with Crippen LogP contribution in [0.1, 0.15) is 29.0 Å². The lowest BCUT2D eigenvalue weighted by atomic mass is 9.76. The Morgan fingerprint density at radius 2 is 1.61 bits per heavy atom. The first kappa shape index (κ1) is 18.9. The molecule has 2 heterocycles. The van der Waals surface area contributed by atoms with Gasteiger partial charge in [-0.2, -0.15) is 0 Å². The molecule has 2 aliphatic rings. The zero-order valence-electron chi connectivity index (χ0n) is 17.2. The van der Waals surface area contributed by atoms with Crippen molar-refractivity contribution >= 4 is 22.4 Å². The lowest BCUT2D eigenvalue weighted by Gasteiger charge is -2.39. The number of hydrogen-bond donors (Lipinski definition) is 0. The van der Waals surface area contributed by atoms with E-state index in [4.69, 9.17) is 16.3 Å². The number of benzene rings is 4. The molecular formula is C28H24ClNO. The molecule has 6 rings (SSSR count). The van der Waals surface area contributed by atoms with Crippen molar-refractivity contribution in [2.24, 2.45) is 5.92 Å². The molecule has 0 N–H and O–H groups in total. The van der Waals surface area contributed by atoms with Gasteiger partial charge in [0.2, 0.25) is 0 Å². The van der Waals surface area contributed by atoms with Crippen molar-refractivity contribution in [3.8, 4) is 5.75 Å². The normalized spacial score (nSPS) is 22.7. The first-order chi connectivity index (χ1) is 15.3. The summed E-state index contributed by atoms with van der Waals surface area (Å²) < 4.78 is 6.72. The summed E-state index contributed by atoms with van der Waals surface area (Å²) in [5.41, 5.74) is 4.00. The van der Waals surface area contributed by atoms with Crippen LogP contribution in [0.5, 0.6) is 5.75 Å². The van der Waals surface area contributed by atoms with Crippen molar-refractivity contribution < 1.29 is 4.74 Å². The zero-order valence-corrected chi connectivity index (χ0v) is 18.0. The Morgan fingerprint density at radius 1 is 0.839 bits per heavy atom. The maximum absolute atomic E-state index is 6.72. The van der Waals surface area contributed by atoms with Crippen LogP contribution in [0.3, 0.4) is 0 Å². The van der Waals surface area contributed by atoms with Crippen LogP contribution in [0.4, 0.5) is 0 Å². The van der Waals surface area contributed by atoms with Gasteiger partial charge in [-0.25, -0.2) is 0 Å². The van der Waals surface area contributed by atoms with E-state index in [1.165, 1.54) is 27.5 Å². The fourth-order valence-electron chi connectivity index (χ4n) is 5.46. The molecule has 0 spiro atoms. The van der Waals surface area contributed by atoms with Crippen LogP contribution in [-0.2, 0) is 6.54 Å². The average Bonchev–Trinajstić information content (AvgIpc) is 3.21. The number of nitrogens with zero attached hydrogens (tertiary/aromatic N) is 1. The Bertz CT molecular complexity index is 1220. The predicted molar refractivity (Wildman–Crippen MR) is 127 cm³/mol. The van der Waals surface area contributed by atoms with Crippen molar-refractivity contribution in [3.63, 3.8) is 0 Å². The van der Waals surface area contributed by atoms with E-state index >= 15 is 0 Å². The molecule has 0 bridgehead atoms. The van der Waals surface area contributed by atoms with Crippen LogP contribution in [-0.4, -0.2) is 17.7 Å². The van der Waals surface area contributed by atoms with Crippen molar-refractivity contribution in [1.82, 2.24) is 4.90 Å². The van der Waals surface area contributed by atoms with Gasteiger partial charge in [-0.05, 0) is 46.5 Å². The van der Waals surface area contributed by atoms with Gasteiger partial charge < -0.3 is 4.74 Å². The maximum atomic E-state index is 6.72. The lowest BCUT2D eigenvalue weighted by Crippen LogP contribution is -2.42. The molecule has 0 aromatic heterocycles. The second kappa shape index (κ2) is 7.71. The fraction of sp³-hybridized carbons (Fsp3) is 0.214. The smallest absolute Gasteiger partial charge is 0.156 e. The van der Waals surface area contributed by atoms with Gasteiger partial charge in [0, 0.05) is 35.5 Å². The molecule has 31 heavy (non-hydrogen) atoms. The summed E-state index contributed by atoms with van der Waals surface area (Å²) in [6.45, 7) is 1.91. The monoisotopic (exact) mass is 425 g/mol. The molecule has 0 amide bonds. The van der Waals surface area contributed by atoms with E-state index in [0.29, 0.717) is 11.8 Å². The van der Waals surface area contributed by atoms with E-state index in [2.05, 4.69) is 83.8 Å². The first-order valence-corrected chi connectivity index (χ1v) is 11.4. The topological polar surface area (TPSA) is 12.5 Å². The summed E-state index contributed by atoms with van der Waals surface area (Å²) >= 11 is 6.09. The Kier molecular flexibility index (Phi) is 4.70. The third-order valence-electron chi connectivity index (χ3n) is 6.85. The summed E-state index contributed by atoms with van der Waals surface area (Å²) in [5, 5.41) is 3.37. The third kappa shape index (κ3) is 3.31. The van der Waals surface area contributed by atoms with Gasteiger partial charge in [-0.1, -0.05) is 84.4 Å². The van der Waals surface area contributed by atoms with Crippen molar-refractivity contribution in [1.29, 1.82) is 0 Å². The summed E-state index contributed by atoms with van der Waals surface area (Å²) in [6.07, 6.45) is 1.20. The number of rotatable bonds is 3. The van der Waals surface area contributed by atoms with E-state index in [0.717, 1.165) is 30.3 Å². The largest absolute Gasteiger partial charge is 0.474 e. The molecule has 0 aliphatic carbocycles. The molecule has 1 fully saturated rings. The highest BCUT2D eigenvalue weighted by atomic mass is 35.5. The van der Waals surface area contributed by atoms with Crippen LogP contribution in [0.25, 0.3) is 10.8 Å². The van der Waals surface area contributed by atoms with Gasteiger partial charge in [-0.3, -0.25) is 4.90 Å². The molecule has 0 saturated carbocycles. The molecule has 2 nitrogen and oxygen atoms in total. The van der Waals surface area contributed by atoms with Crippen molar-refractivity contribution in [2.45, 2.75) is 25.1 Å². The number of halogens is 1. The highest BCUT2D eigenvalue weighted by Crippen LogP contribution is 2.51. The lowest BCUT2D eigenvalue weighted by molar-refractivity contribution is 0.00826. The minimum absolute atomic E-state index is 0.0783. The highest BCUT2D eigenvalue weighted by molar-refractivity contribution is 6.30. The molecule has 2 aliphatic heterocycles. The second-order valence-corrected chi connectivity index (χ2v) is 9.08. The van der Waals surface area contributed by atoms with E-state index in [-0.39, 0.29) is 6.23 Å². The van der Waals surface area contributed by atoms with Gasteiger partial charge in [0.05, 0.1) is 0 Å². The molecule has 154 valence electrons.